The maximum atomic E-state index is 12.1. The summed E-state index contributed by atoms with van der Waals surface area (Å²) in [5.74, 6) is -1.31. The quantitative estimate of drug-likeness (QED) is 0.733. The molecular formula is C20H13ClO3. The van der Waals surface area contributed by atoms with Crippen molar-refractivity contribution in [2.45, 2.75) is 5.60 Å². The van der Waals surface area contributed by atoms with Crippen LogP contribution >= 0.6 is 11.6 Å². The number of rotatable bonds is 2. The van der Waals surface area contributed by atoms with Gasteiger partial charge in [0.05, 0.1) is 0 Å². The number of hydrogen-bond acceptors (Lipinski definition) is 2. The van der Waals surface area contributed by atoms with E-state index in [0.29, 0.717) is 32.8 Å². The lowest BCUT2D eigenvalue weighted by atomic mass is 9.86. The molecule has 1 atom stereocenters. The summed E-state index contributed by atoms with van der Waals surface area (Å²) in [5.41, 5.74) is 1.30. The van der Waals surface area contributed by atoms with Crippen LogP contribution in [0.4, 0.5) is 0 Å². The third-order valence-corrected chi connectivity index (χ3v) is 4.81. The Kier molecular flexibility index (Phi) is 3.23. The van der Waals surface area contributed by atoms with Crippen LogP contribution in [0.1, 0.15) is 11.1 Å². The largest absolute Gasteiger partial charge is 0.479 e. The molecule has 0 aliphatic heterocycles. The Morgan fingerprint density at radius 2 is 1.54 bits per heavy atom. The number of carboxylic acid groups (broad SMARTS) is 1. The molecule has 3 nitrogen and oxygen atoms in total. The number of hydrogen-bond donors (Lipinski definition) is 2. The summed E-state index contributed by atoms with van der Waals surface area (Å²) in [5, 5.41) is 21.4. The average Bonchev–Trinajstić information content (AvgIpc) is 2.87. The highest BCUT2D eigenvalue weighted by atomic mass is 35.5. The highest BCUT2D eigenvalue weighted by molar-refractivity contribution is 6.34. The molecule has 0 spiro atoms. The molecule has 0 amide bonds. The Morgan fingerprint density at radius 1 is 0.875 bits per heavy atom. The molecule has 0 saturated carbocycles. The molecule has 4 rings (SSSR count). The molecule has 0 radical (unpaired) electrons. The van der Waals surface area contributed by atoms with Gasteiger partial charge in [-0.15, -0.1) is 0 Å². The van der Waals surface area contributed by atoms with E-state index in [9.17, 15) is 15.0 Å². The van der Waals surface area contributed by atoms with Crippen LogP contribution in [-0.4, -0.2) is 16.2 Å². The molecule has 3 aromatic carbocycles. The summed E-state index contributed by atoms with van der Waals surface area (Å²) in [6.07, 6.45) is 0. The fourth-order valence-electron chi connectivity index (χ4n) is 3.45. The molecule has 1 aliphatic rings. The van der Waals surface area contributed by atoms with Crippen LogP contribution in [0.2, 0.25) is 5.02 Å². The van der Waals surface area contributed by atoms with Gasteiger partial charge in [-0.25, -0.2) is 4.79 Å². The van der Waals surface area contributed by atoms with E-state index in [0.717, 1.165) is 5.56 Å². The highest BCUT2D eigenvalue weighted by Crippen LogP contribution is 2.52. The number of aliphatic carboxylic acids is 1. The predicted octanol–water partition coefficient (Wildman–Crippen LogP) is 4.31. The summed E-state index contributed by atoms with van der Waals surface area (Å²) in [6.45, 7) is 0. The molecule has 24 heavy (non-hydrogen) atoms. The van der Waals surface area contributed by atoms with Gasteiger partial charge < -0.3 is 10.2 Å². The van der Waals surface area contributed by atoms with Crippen LogP contribution < -0.4 is 0 Å². The van der Waals surface area contributed by atoms with Crippen LogP contribution in [-0.2, 0) is 10.4 Å². The van der Waals surface area contributed by atoms with Crippen LogP contribution in [0, 0.1) is 0 Å². The summed E-state index contributed by atoms with van der Waals surface area (Å²) in [4.78, 5) is 12.1. The summed E-state index contributed by atoms with van der Waals surface area (Å²) in [7, 11) is 0. The van der Waals surface area contributed by atoms with Gasteiger partial charge in [-0.1, -0.05) is 72.3 Å². The van der Waals surface area contributed by atoms with Gasteiger partial charge in [-0.3, -0.25) is 0 Å². The van der Waals surface area contributed by atoms with E-state index >= 15 is 0 Å². The second kappa shape index (κ2) is 5.20. The van der Waals surface area contributed by atoms with Crippen molar-refractivity contribution >= 4 is 17.6 Å². The minimum absolute atomic E-state index is 0.329. The first kappa shape index (κ1) is 14.9. The van der Waals surface area contributed by atoms with Gasteiger partial charge in [-0.05, 0) is 22.8 Å². The van der Waals surface area contributed by atoms with Gasteiger partial charge in [-0.2, -0.15) is 0 Å². The standard InChI is InChI=1S/C20H13ClO3/c21-16-11-10-14-13-8-4-5-9-15(13)20(24,19(22)23)18(14)17(16)12-6-2-1-3-7-12/h1-11,24H,(H,22,23). The molecule has 118 valence electrons. The number of carbonyl (C=O) groups is 1. The smallest absolute Gasteiger partial charge is 0.345 e. The minimum Gasteiger partial charge on any atom is -0.479 e. The lowest BCUT2D eigenvalue weighted by Gasteiger charge is -2.23. The number of aliphatic hydroxyl groups is 1. The number of halogens is 1. The Bertz CT molecular complexity index is 966. The van der Waals surface area contributed by atoms with Gasteiger partial charge in [0.25, 0.3) is 0 Å². The predicted molar refractivity (Wildman–Crippen MR) is 93.0 cm³/mol. The van der Waals surface area contributed by atoms with Crippen molar-refractivity contribution in [1.82, 2.24) is 0 Å². The van der Waals surface area contributed by atoms with Crippen molar-refractivity contribution < 1.29 is 15.0 Å². The maximum absolute atomic E-state index is 12.1. The summed E-state index contributed by atoms with van der Waals surface area (Å²) >= 11 is 6.41. The monoisotopic (exact) mass is 336 g/mol. The van der Waals surface area contributed by atoms with Crippen LogP contribution in [0.25, 0.3) is 22.3 Å². The zero-order valence-corrected chi connectivity index (χ0v) is 13.3. The van der Waals surface area contributed by atoms with Crippen molar-refractivity contribution in [3.05, 3.63) is 82.9 Å². The van der Waals surface area contributed by atoms with Gasteiger partial charge in [0.1, 0.15) is 0 Å². The van der Waals surface area contributed by atoms with Gasteiger partial charge >= 0.3 is 5.97 Å². The topological polar surface area (TPSA) is 57.5 Å². The van der Waals surface area contributed by atoms with E-state index in [-0.39, 0.29) is 0 Å². The number of benzene rings is 3. The fraction of sp³-hybridized carbons (Fsp3) is 0.0500. The Hall–Kier alpha value is -2.62. The average molecular weight is 337 g/mol. The molecule has 0 heterocycles. The first-order chi connectivity index (χ1) is 11.5. The van der Waals surface area contributed by atoms with Crippen molar-refractivity contribution in [3.63, 3.8) is 0 Å². The molecule has 1 unspecified atom stereocenters. The van der Waals surface area contributed by atoms with E-state index < -0.39 is 11.6 Å². The normalized spacial score (nSPS) is 18.1. The van der Waals surface area contributed by atoms with Crippen molar-refractivity contribution in [1.29, 1.82) is 0 Å². The first-order valence-electron chi connectivity index (χ1n) is 7.49. The van der Waals surface area contributed by atoms with Crippen molar-refractivity contribution in [3.8, 4) is 22.3 Å². The third-order valence-electron chi connectivity index (χ3n) is 4.50. The van der Waals surface area contributed by atoms with Crippen LogP contribution in [0.3, 0.4) is 0 Å². The Morgan fingerprint density at radius 3 is 2.25 bits per heavy atom. The van der Waals surface area contributed by atoms with Gasteiger partial charge in [0, 0.05) is 21.7 Å². The zero-order chi connectivity index (χ0) is 16.9. The molecule has 1 aliphatic carbocycles. The van der Waals surface area contributed by atoms with Crippen molar-refractivity contribution in [2.75, 3.05) is 0 Å². The lowest BCUT2D eigenvalue weighted by molar-refractivity contribution is -0.154. The molecule has 2 N–H and O–H groups in total. The van der Waals surface area contributed by atoms with E-state index in [4.69, 9.17) is 11.6 Å². The molecule has 3 aromatic rings. The molecule has 0 bridgehead atoms. The number of fused-ring (bicyclic) bond motifs is 3. The Balaban J connectivity index is 2.15. The number of carboxylic acids is 1. The molecule has 0 aromatic heterocycles. The minimum atomic E-state index is -2.12. The molecular weight excluding hydrogens is 324 g/mol. The fourth-order valence-corrected chi connectivity index (χ4v) is 3.72. The summed E-state index contributed by atoms with van der Waals surface area (Å²) in [6, 6.07) is 19.8. The van der Waals surface area contributed by atoms with Gasteiger partial charge in [0.2, 0.25) is 5.60 Å². The van der Waals surface area contributed by atoms with Crippen molar-refractivity contribution in [2.24, 2.45) is 0 Å². The highest BCUT2D eigenvalue weighted by Gasteiger charge is 2.50. The molecule has 0 fully saturated rings. The van der Waals surface area contributed by atoms with Gasteiger partial charge in [0.15, 0.2) is 0 Å². The Labute approximate surface area is 143 Å². The second-order valence-electron chi connectivity index (χ2n) is 5.77. The first-order valence-corrected chi connectivity index (χ1v) is 7.87. The summed E-state index contributed by atoms with van der Waals surface area (Å²) < 4.78 is 0. The second-order valence-corrected chi connectivity index (χ2v) is 6.18. The van der Waals surface area contributed by atoms with E-state index in [1.165, 1.54) is 0 Å². The van der Waals surface area contributed by atoms with E-state index in [1.807, 2.05) is 42.5 Å². The van der Waals surface area contributed by atoms with Crippen LogP contribution in [0.15, 0.2) is 66.7 Å². The zero-order valence-electron chi connectivity index (χ0n) is 12.5. The maximum Gasteiger partial charge on any atom is 0.345 e. The SMILES string of the molecule is O=C(O)C1(O)c2ccccc2-c2ccc(Cl)c(-c3ccccc3)c21. The lowest BCUT2D eigenvalue weighted by Crippen LogP contribution is -2.35. The van der Waals surface area contributed by atoms with Crippen LogP contribution in [0.5, 0.6) is 0 Å². The van der Waals surface area contributed by atoms with E-state index in [2.05, 4.69) is 0 Å². The molecule has 0 saturated heterocycles. The van der Waals surface area contributed by atoms with E-state index in [1.54, 1.807) is 24.3 Å². The molecule has 4 heteroatoms. The third kappa shape index (κ3) is 1.86.